The number of benzene rings is 2. The summed E-state index contributed by atoms with van der Waals surface area (Å²) in [6, 6.07) is 17.7. The number of carbonyl (C=O) groups is 1. The van der Waals surface area contributed by atoms with Crippen LogP contribution in [0.1, 0.15) is 17.7 Å². The zero-order valence-electron chi connectivity index (χ0n) is 17.9. The molecule has 4 aromatic rings. The van der Waals surface area contributed by atoms with E-state index in [0.29, 0.717) is 10.2 Å². The van der Waals surface area contributed by atoms with Gasteiger partial charge in [-0.25, -0.2) is 4.98 Å². The number of anilines is 2. The average Bonchev–Trinajstić information content (AvgIpc) is 3.45. The summed E-state index contributed by atoms with van der Waals surface area (Å²) in [5.41, 5.74) is 3.58. The first-order chi connectivity index (χ1) is 15.6. The Labute approximate surface area is 190 Å². The molecule has 0 radical (unpaired) electrons. The summed E-state index contributed by atoms with van der Waals surface area (Å²) in [5.74, 6) is -0.254. The van der Waals surface area contributed by atoms with E-state index in [1.54, 1.807) is 0 Å². The van der Waals surface area contributed by atoms with Gasteiger partial charge in [0, 0.05) is 34.9 Å². The lowest BCUT2D eigenvalue weighted by molar-refractivity contribution is -0.116. The van der Waals surface area contributed by atoms with Crippen molar-refractivity contribution in [2.75, 3.05) is 23.3 Å². The molecule has 1 saturated heterocycles. The zero-order valence-corrected chi connectivity index (χ0v) is 18.7. The maximum absolute atomic E-state index is 13.3. The van der Waals surface area contributed by atoms with Crippen LogP contribution in [0.3, 0.4) is 0 Å². The Balaban J connectivity index is 1.37. The first kappa shape index (κ1) is 20.5. The highest BCUT2D eigenvalue weighted by atomic mass is 32.1. The lowest BCUT2D eigenvalue weighted by Gasteiger charge is -2.17. The summed E-state index contributed by atoms with van der Waals surface area (Å²) in [7, 11) is 0. The summed E-state index contributed by atoms with van der Waals surface area (Å²) in [6.45, 7) is 4.07. The van der Waals surface area contributed by atoms with E-state index in [4.69, 9.17) is 0 Å². The molecule has 0 saturated carbocycles. The molecule has 1 N–H and O–H groups in total. The van der Waals surface area contributed by atoms with Crippen LogP contribution in [0.15, 0.2) is 65.7 Å². The van der Waals surface area contributed by atoms with Gasteiger partial charge in [-0.15, -0.1) is 11.3 Å². The van der Waals surface area contributed by atoms with E-state index in [0.717, 1.165) is 34.8 Å². The van der Waals surface area contributed by atoms with Crippen LogP contribution in [-0.2, 0) is 11.3 Å². The third kappa shape index (κ3) is 3.91. The summed E-state index contributed by atoms with van der Waals surface area (Å²) >= 11 is 1.50. The molecule has 32 heavy (non-hydrogen) atoms. The molecular weight excluding hydrogens is 420 g/mol. The Morgan fingerprint density at radius 1 is 1.06 bits per heavy atom. The van der Waals surface area contributed by atoms with E-state index < -0.39 is 0 Å². The summed E-state index contributed by atoms with van der Waals surface area (Å²) < 4.78 is 1.38. The van der Waals surface area contributed by atoms with Gasteiger partial charge in [0.1, 0.15) is 11.4 Å². The summed E-state index contributed by atoms with van der Waals surface area (Å²) in [5, 5.41) is 3.47. The topological polar surface area (TPSA) is 67.2 Å². The third-order valence-electron chi connectivity index (χ3n) is 5.85. The van der Waals surface area contributed by atoms with E-state index in [-0.39, 0.29) is 18.0 Å². The van der Waals surface area contributed by atoms with E-state index >= 15 is 0 Å². The Morgan fingerprint density at radius 2 is 1.78 bits per heavy atom. The number of carbonyl (C=O) groups excluding carboxylic acids is 1. The van der Waals surface area contributed by atoms with E-state index in [1.165, 1.54) is 40.8 Å². The van der Waals surface area contributed by atoms with Crippen LogP contribution in [0.5, 0.6) is 0 Å². The maximum atomic E-state index is 13.3. The number of aromatic nitrogens is 2. The highest BCUT2D eigenvalue weighted by Crippen LogP contribution is 2.35. The fraction of sp³-hybridized carbons (Fsp3) is 0.240. The van der Waals surface area contributed by atoms with Crippen LogP contribution in [0.4, 0.5) is 11.4 Å². The highest BCUT2D eigenvalue weighted by molar-refractivity contribution is 7.19. The van der Waals surface area contributed by atoms with Crippen molar-refractivity contribution in [2.24, 2.45) is 0 Å². The van der Waals surface area contributed by atoms with Crippen LogP contribution in [0.25, 0.3) is 21.3 Å². The number of nitrogens with one attached hydrogen (secondary N) is 1. The van der Waals surface area contributed by atoms with Crippen molar-refractivity contribution in [1.29, 1.82) is 0 Å². The van der Waals surface area contributed by atoms with Gasteiger partial charge in [0.15, 0.2) is 0 Å². The molecule has 0 aliphatic carbocycles. The number of amides is 1. The Kier molecular flexibility index (Phi) is 5.49. The number of aryl methyl sites for hydroxylation is 1. The molecule has 162 valence electrons. The number of hydrogen-bond donors (Lipinski definition) is 1. The van der Waals surface area contributed by atoms with Gasteiger partial charge in [-0.1, -0.05) is 30.3 Å². The van der Waals surface area contributed by atoms with Crippen LogP contribution in [-0.4, -0.2) is 28.5 Å². The van der Waals surface area contributed by atoms with Gasteiger partial charge in [0.25, 0.3) is 5.56 Å². The molecule has 1 aliphatic heterocycles. The average molecular weight is 445 g/mol. The van der Waals surface area contributed by atoms with E-state index in [9.17, 15) is 9.59 Å². The minimum absolute atomic E-state index is 0.0845. The predicted molar refractivity (Wildman–Crippen MR) is 131 cm³/mol. The van der Waals surface area contributed by atoms with Gasteiger partial charge in [0.05, 0.1) is 11.7 Å². The molecule has 5 rings (SSSR count). The monoisotopic (exact) mass is 444 g/mol. The largest absolute Gasteiger partial charge is 0.372 e. The second kappa shape index (κ2) is 8.59. The Morgan fingerprint density at radius 3 is 2.50 bits per heavy atom. The van der Waals surface area contributed by atoms with Gasteiger partial charge in [-0.05, 0) is 49.6 Å². The fourth-order valence-electron chi connectivity index (χ4n) is 4.29. The van der Waals surface area contributed by atoms with E-state index in [2.05, 4.69) is 15.2 Å². The number of hydrogen-bond acceptors (Lipinski definition) is 5. The molecular formula is C25H24N4O2S. The van der Waals surface area contributed by atoms with Crippen molar-refractivity contribution in [1.82, 2.24) is 9.55 Å². The van der Waals surface area contributed by atoms with Gasteiger partial charge in [-0.2, -0.15) is 0 Å². The van der Waals surface area contributed by atoms with Crippen molar-refractivity contribution in [2.45, 2.75) is 26.3 Å². The first-order valence-electron chi connectivity index (χ1n) is 10.8. The molecule has 1 aliphatic rings. The number of fused-ring (bicyclic) bond motifs is 1. The molecule has 6 nitrogen and oxygen atoms in total. The molecule has 3 heterocycles. The number of thiophene rings is 1. The standard InChI is InChI=1S/C25H24N4O2S/c1-17-22(18-7-3-2-4-8-18)23-24(32-17)26-16-29(25(23)31)15-21(30)27-19-9-11-20(12-10-19)28-13-5-6-14-28/h2-4,7-12,16H,5-6,13-15H2,1H3,(H,27,30). The van der Waals surface area contributed by atoms with Gasteiger partial charge in [0.2, 0.25) is 5.91 Å². The van der Waals surface area contributed by atoms with Crippen LogP contribution < -0.4 is 15.8 Å². The van der Waals surface area contributed by atoms with Crippen LogP contribution in [0, 0.1) is 6.92 Å². The second-order valence-electron chi connectivity index (χ2n) is 8.05. The minimum Gasteiger partial charge on any atom is -0.372 e. The minimum atomic E-state index is -0.254. The molecule has 1 amide bonds. The maximum Gasteiger partial charge on any atom is 0.263 e. The quantitative estimate of drug-likeness (QED) is 0.486. The van der Waals surface area contributed by atoms with Crippen molar-refractivity contribution in [3.05, 3.63) is 76.2 Å². The van der Waals surface area contributed by atoms with Crippen LogP contribution in [0.2, 0.25) is 0 Å². The normalized spacial score (nSPS) is 13.6. The predicted octanol–water partition coefficient (Wildman–Crippen LogP) is 4.67. The fourth-order valence-corrected chi connectivity index (χ4v) is 5.29. The lowest BCUT2D eigenvalue weighted by Crippen LogP contribution is -2.27. The van der Waals surface area contributed by atoms with Crippen molar-refractivity contribution >= 4 is 38.8 Å². The zero-order chi connectivity index (χ0) is 22.1. The van der Waals surface area contributed by atoms with Crippen molar-refractivity contribution < 1.29 is 4.79 Å². The lowest BCUT2D eigenvalue weighted by atomic mass is 10.0. The summed E-state index contributed by atoms with van der Waals surface area (Å²) in [6.07, 6.45) is 3.91. The summed E-state index contributed by atoms with van der Waals surface area (Å²) in [4.78, 5) is 34.5. The SMILES string of the molecule is Cc1sc2ncn(CC(=O)Nc3ccc(N4CCCC4)cc3)c(=O)c2c1-c1ccccc1. The molecule has 0 unspecified atom stereocenters. The second-order valence-corrected chi connectivity index (χ2v) is 9.25. The molecule has 1 fully saturated rings. The van der Waals surface area contributed by atoms with Crippen LogP contribution >= 0.6 is 11.3 Å². The molecule has 2 aromatic heterocycles. The van der Waals surface area contributed by atoms with Crippen molar-refractivity contribution in [3.8, 4) is 11.1 Å². The smallest absolute Gasteiger partial charge is 0.263 e. The molecule has 0 spiro atoms. The van der Waals surface area contributed by atoms with Gasteiger partial charge < -0.3 is 10.2 Å². The van der Waals surface area contributed by atoms with Crippen molar-refractivity contribution in [3.63, 3.8) is 0 Å². The molecule has 0 atom stereocenters. The molecule has 2 aromatic carbocycles. The number of nitrogens with zero attached hydrogens (tertiary/aromatic N) is 3. The number of rotatable bonds is 5. The molecule has 0 bridgehead atoms. The molecule has 7 heteroatoms. The highest BCUT2D eigenvalue weighted by Gasteiger charge is 2.18. The Hall–Kier alpha value is -3.45. The third-order valence-corrected chi connectivity index (χ3v) is 6.87. The van der Waals surface area contributed by atoms with Gasteiger partial charge in [-0.3, -0.25) is 14.2 Å². The Bertz CT molecular complexity index is 1320. The van der Waals surface area contributed by atoms with Gasteiger partial charge >= 0.3 is 0 Å². The van der Waals surface area contributed by atoms with E-state index in [1.807, 2.05) is 61.5 Å². The first-order valence-corrected chi connectivity index (χ1v) is 11.6.